The van der Waals surface area contributed by atoms with Gasteiger partial charge in [0.15, 0.2) is 11.5 Å². The molecule has 0 fully saturated rings. The van der Waals surface area contributed by atoms with Gasteiger partial charge in [-0.2, -0.15) is 0 Å². The molecule has 0 radical (unpaired) electrons. The second-order valence-electron chi connectivity index (χ2n) is 3.65. The zero-order chi connectivity index (χ0) is 12.3. The van der Waals surface area contributed by atoms with E-state index in [1.165, 1.54) is 18.3 Å². The van der Waals surface area contributed by atoms with Crippen LogP contribution in [0.15, 0.2) is 42.6 Å². The first-order chi connectivity index (χ1) is 8.16. The summed E-state index contributed by atoms with van der Waals surface area (Å²) in [5.41, 5.74) is 1.51. The SMILES string of the molecule is Cc1ccc(NC(=O)c2ncccc2F)cc1. The number of rotatable bonds is 2. The Morgan fingerprint density at radius 1 is 1.24 bits per heavy atom. The molecule has 0 aliphatic carbocycles. The molecule has 0 aliphatic heterocycles. The Bertz CT molecular complexity index is 537. The zero-order valence-corrected chi connectivity index (χ0v) is 9.27. The van der Waals surface area contributed by atoms with Crippen LogP contribution < -0.4 is 5.32 Å². The first-order valence-corrected chi connectivity index (χ1v) is 5.15. The fourth-order valence-electron chi connectivity index (χ4n) is 1.38. The van der Waals surface area contributed by atoms with Crippen LogP contribution in [0.3, 0.4) is 0 Å². The minimum atomic E-state index is -0.628. The predicted octanol–water partition coefficient (Wildman–Crippen LogP) is 2.78. The largest absolute Gasteiger partial charge is 0.321 e. The normalized spacial score (nSPS) is 10.0. The van der Waals surface area contributed by atoms with Gasteiger partial charge in [0.05, 0.1) is 0 Å². The quantitative estimate of drug-likeness (QED) is 0.861. The van der Waals surface area contributed by atoms with E-state index in [-0.39, 0.29) is 5.69 Å². The average Bonchev–Trinajstić information content (AvgIpc) is 2.32. The van der Waals surface area contributed by atoms with Crippen molar-refractivity contribution in [2.45, 2.75) is 6.92 Å². The molecule has 0 saturated heterocycles. The highest BCUT2D eigenvalue weighted by atomic mass is 19.1. The molecule has 86 valence electrons. The Morgan fingerprint density at radius 3 is 2.59 bits per heavy atom. The first kappa shape index (κ1) is 11.3. The second-order valence-corrected chi connectivity index (χ2v) is 3.65. The Hall–Kier alpha value is -2.23. The van der Waals surface area contributed by atoms with Gasteiger partial charge in [0, 0.05) is 11.9 Å². The van der Waals surface area contributed by atoms with Gasteiger partial charge < -0.3 is 5.32 Å². The fourth-order valence-corrected chi connectivity index (χ4v) is 1.38. The third-order valence-electron chi connectivity index (χ3n) is 2.28. The van der Waals surface area contributed by atoms with Crippen molar-refractivity contribution in [2.75, 3.05) is 5.32 Å². The van der Waals surface area contributed by atoms with E-state index in [4.69, 9.17) is 0 Å². The Labute approximate surface area is 98.3 Å². The van der Waals surface area contributed by atoms with Crippen LogP contribution in [0.1, 0.15) is 16.1 Å². The van der Waals surface area contributed by atoms with Crippen molar-refractivity contribution in [1.29, 1.82) is 0 Å². The van der Waals surface area contributed by atoms with Gasteiger partial charge in [-0.3, -0.25) is 4.79 Å². The number of nitrogens with one attached hydrogen (secondary N) is 1. The molecule has 0 unspecified atom stereocenters. The number of anilines is 1. The van der Waals surface area contributed by atoms with Gasteiger partial charge in [0.2, 0.25) is 0 Å². The lowest BCUT2D eigenvalue weighted by atomic mass is 10.2. The van der Waals surface area contributed by atoms with Gasteiger partial charge in [0.25, 0.3) is 5.91 Å². The number of carbonyl (C=O) groups is 1. The van der Waals surface area contributed by atoms with E-state index >= 15 is 0 Å². The maximum Gasteiger partial charge on any atom is 0.277 e. The van der Waals surface area contributed by atoms with Gasteiger partial charge in [0.1, 0.15) is 0 Å². The molecule has 2 rings (SSSR count). The van der Waals surface area contributed by atoms with Crippen molar-refractivity contribution in [2.24, 2.45) is 0 Å². The lowest BCUT2D eigenvalue weighted by Gasteiger charge is -2.05. The molecule has 2 aromatic rings. The molecule has 0 aliphatic rings. The highest BCUT2D eigenvalue weighted by molar-refractivity contribution is 6.02. The standard InChI is InChI=1S/C13H11FN2O/c1-9-4-6-10(7-5-9)16-13(17)12-11(14)3-2-8-15-12/h2-8H,1H3,(H,16,17). The van der Waals surface area contributed by atoms with Crippen LogP contribution in [-0.2, 0) is 0 Å². The zero-order valence-electron chi connectivity index (χ0n) is 9.27. The molecule has 17 heavy (non-hydrogen) atoms. The van der Waals surface area contributed by atoms with Crippen molar-refractivity contribution in [3.05, 3.63) is 59.7 Å². The molecule has 1 heterocycles. The lowest BCUT2D eigenvalue weighted by Crippen LogP contribution is -2.15. The van der Waals surface area contributed by atoms with E-state index in [0.29, 0.717) is 5.69 Å². The average molecular weight is 230 g/mol. The van der Waals surface area contributed by atoms with Gasteiger partial charge in [-0.25, -0.2) is 9.37 Å². The summed E-state index contributed by atoms with van der Waals surface area (Å²) in [4.78, 5) is 15.4. The molecular weight excluding hydrogens is 219 g/mol. The van der Waals surface area contributed by atoms with Crippen LogP contribution in [0, 0.1) is 12.7 Å². The predicted molar refractivity (Wildman–Crippen MR) is 63.3 cm³/mol. The third kappa shape index (κ3) is 2.66. The number of benzene rings is 1. The van der Waals surface area contributed by atoms with Crippen LogP contribution >= 0.6 is 0 Å². The summed E-state index contributed by atoms with van der Waals surface area (Å²) in [7, 11) is 0. The highest BCUT2D eigenvalue weighted by Crippen LogP contribution is 2.11. The fraction of sp³-hybridized carbons (Fsp3) is 0.0769. The molecule has 0 spiro atoms. The van der Waals surface area contributed by atoms with Crippen molar-refractivity contribution >= 4 is 11.6 Å². The summed E-state index contributed by atoms with van der Waals surface area (Å²) in [6, 6.07) is 9.89. The van der Waals surface area contributed by atoms with Crippen LogP contribution in [0.5, 0.6) is 0 Å². The molecule has 0 atom stereocenters. The smallest absolute Gasteiger partial charge is 0.277 e. The second kappa shape index (κ2) is 4.74. The van der Waals surface area contributed by atoms with E-state index in [1.807, 2.05) is 19.1 Å². The maximum atomic E-state index is 13.3. The summed E-state index contributed by atoms with van der Waals surface area (Å²) < 4.78 is 13.3. The van der Waals surface area contributed by atoms with E-state index in [1.54, 1.807) is 12.1 Å². The molecular formula is C13H11FN2O. The van der Waals surface area contributed by atoms with E-state index < -0.39 is 11.7 Å². The Kier molecular flexibility index (Phi) is 3.14. The summed E-state index contributed by atoms with van der Waals surface area (Å²) in [5.74, 6) is -1.18. The molecule has 1 N–H and O–H groups in total. The van der Waals surface area contributed by atoms with Crippen molar-refractivity contribution < 1.29 is 9.18 Å². The number of hydrogen-bond acceptors (Lipinski definition) is 2. The topological polar surface area (TPSA) is 42.0 Å². The van der Waals surface area contributed by atoms with Crippen LogP contribution in [0.2, 0.25) is 0 Å². The van der Waals surface area contributed by atoms with Crippen molar-refractivity contribution in [1.82, 2.24) is 4.98 Å². The number of pyridine rings is 1. The minimum Gasteiger partial charge on any atom is -0.321 e. The summed E-state index contributed by atoms with van der Waals surface area (Å²) in [5, 5.41) is 2.58. The molecule has 1 aromatic heterocycles. The van der Waals surface area contributed by atoms with Gasteiger partial charge in [-0.1, -0.05) is 17.7 Å². The molecule has 4 heteroatoms. The van der Waals surface area contributed by atoms with Crippen molar-refractivity contribution in [3.8, 4) is 0 Å². The number of carbonyl (C=O) groups excluding carboxylic acids is 1. The van der Waals surface area contributed by atoms with Crippen LogP contribution in [0.25, 0.3) is 0 Å². The van der Waals surface area contributed by atoms with Gasteiger partial charge >= 0.3 is 0 Å². The number of nitrogens with zero attached hydrogens (tertiary/aromatic N) is 1. The molecule has 0 bridgehead atoms. The molecule has 1 aromatic carbocycles. The maximum absolute atomic E-state index is 13.3. The molecule has 1 amide bonds. The number of hydrogen-bond donors (Lipinski definition) is 1. The number of halogens is 1. The number of aryl methyl sites for hydroxylation is 1. The molecule has 0 saturated carbocycles. The number of aromatic nitrogens is 1. The monoisotopic (exact) mass is 230 g/mol. The summed E-state index contributed by atoms with van der Waals surface area (Å²) >= 11 is 0. The third-order valence-corrected chi connectivity index (χ3v) is 2.28. The van der Waals surface area contributed by atoms with E-state index in [2.05, 4.69) is 10.3 Å². The minimum absolute atomic E-state index is 0.201. The summed E-state index contributed by atoms with van der Waals surface area (Å²) in [6.45, 7) is 1.95. The lowest BCUT2D eigenvalue weighted by molar-refractivity contribution is 0.101. The van der Waals surface area contributed by atoms with Crippen LogP contribution in [-0.4, -0.2) is 10.9 Å². The Balaban J connectivity index is 2.17. The van der Waals surface area contributed by atoms with Gasteiger partial charge in [-0.05, 0) is 31.2 Å². The number of amides is 1. The first-order valence-electron chi connectivity index (χ1n) is 5.15. The Morgan fingerprint density at radius 2 is 1.94 bits per heavy atom. The summed E-state index contributed by atoms with van der Waals surface area (Å²) in [6.07, 6.45) is 1.38. The van der Waals surface area contributed by atoms with Crippen LogP contribution in [0.4, 0.5) is 10.1 Å². The van der Waals surface area contributed by atoms with E-state index in [9.17, 15) is 9.18 Å². The van der Waals surface area contributed by atoms with E-state index in [0.717, 1.165) is 5.56 Å². The van der Waals surface area contributed by atoms with Crippen molar-refractivity contribution in [3.63, 3.8) is 0 Å². The molecule has 3 nitrogen and oxygen atoms in total. The highest BCUT2D eigenvalue weighted by Gasteiger charge is 2.12. The van der Waals surface area contributed by atoms with Gasteiger partial charge in [-0.15, -0.1) is 0 Å².